The third kappa shape index (κ3) is 2.30. The number of hydrogen-bond donors (Lipinski definition) is 0. The van der Waals surface area contributed by atoms with Crippen LogP contribution in [0.3, 0.4) is 0 Å². The summed E-state index contributed by atoms with van der Waals surface area (Å²) in [5, 5.41) is 0. The molecular formula is C17H20N2O3. The van der Waals surface area contributed by atoms with Gasteiger partial charge in [0.25, 0.3) is 11.8 Å². The van der Waals surface area contributed by atoms with Gasteiger partial charge in [-0.05, 0) is 38.3 Å². The largest absolute Gasteiger partial charge is 0.343 e. The summed E-state index contributed by atoms with van der Waals surface area (Å²) in [6.07, 6.45) is 0.767. The Morgan fingerprint density at radius 1 is 1.14 bits per heavy atom. The van der Waals surface area contributed by atoms with Crippen molar-refractivity contribution >= 4 is 17.7 Å². The Hall–Kier alpha value is -2.17. The molecule has 2 aliphatic rings. The van der Waals surface area contributed by atoms with Gasteiger partial charge < -0.3 is 4.90 Å². The third-order valence-electron chi connectivity index (χ3n) is 4.61. The zero-order valence-electron chi connectivity index (χ0n) is 12.9. The number of imide groups is 1. The van der Waals surface area contributed by atoms with Gasteiger partial charge in [0.2, 0.25) is 5.91 Å². The summed E-state index contributed by atoms with van der Waals surface area (Å²) in [6.45, 7) is 5.67. The number of hydrogen-bond acceptors (Lipinski definition) is 3. The van der Waals surface area contributed by atoms with Crippen molar-refractivity contribution in [2.24, 2.45) is 11.8 Å². The van der Waals surface area contributed by atoms with E-state index in [0.717, 1.165) is 6.42 Å². The molecule has 1 heterocycles. The minimum atomic E-state index is -0.235. The molecule has 0 bridgehead atoms. The molecule has 2 atom stereocenters. The van der Waals surface area contributed by atoms with E-state index in [1.165, 1.54) is 4.90 Å². The number of carbonyl (C=O) groups is 3. The number of rotatable bonds is 5. The average Bonchev–Trinajstić information content (AvgIpc) is 3.27. The van der Waals surface area contributed by atoms with E-state index in [-0.39, 0.29) is 29.6 Å². The van der Waals surface area contributed by atoms with Gasteiger partial charge in [-0.15, -0.1) is 0 Å². The van der Waals surface area contributed by atoms with Crippen molar-refractivity contribution in [1.82, 2.24) is 9.80 Å². The third-order valence-corrected chi connectivity index (χ3v) is 4.61. The molecule has 1 saturated carbocycles. The highest BCUT2D eigenvalue weighted by Gasteiger charge is 2.48. The fourth-order valence-electron chi connectivity index (χ4n) is 3.16. The SMILES string of the molecule is CCN(CC)C(=O)[C@H]1C[C@H]1CN1C(=O)c2ccccc2C1=O. The highest BCUT2D eigenvalue weighted by molar-refractivity contribution is 6.21. The maximum atomic E-state index is 12.3. The van der Waals surface area contributed by atoms with Gasteiger partial charge in [-0.2, -0.15) is 0 Å². The smallest absolute Gasteiger partial charge is 0.261 e. The van der Waals surface area contributed by atoms with Crippen LogP contribution in [0, 0.1) is 11.8 Å². The van der Waals surface area contributed by atoms with Crippen LogP contribution in [0.1, 0.15) is 41.0 Å². The van der Waals surface area contributed by atoms with Crippen molar-refractivity contribution in [3.05, 3.63) is 35.4 Å². The zero-order chi connectivity index (χ0) is 15.9. The van der Waals surface area contributed by atoms with Crippen LogP contribution in [0.15, 0.2) is 24.3 Å². The highest BCUT2D eigenvalue weighted by Crippen LogP contribution is 2.41. The summed E-state index contributed by atoms with van der Waals surface area (Å²) in [6, 6.07) is 6.89. The van der Waals surface area contributed by atoms with Crippen LogP contribution >= 0.6 is 0 Å². The van der Waals surface area contributed by atoms with Crippen LogP contribution in [0.2, 0.25) is 0 Å². The van der Waals surface area contributed by atoms with Crippen molar-refractivity contribution in [1.29, 1.82) is 0 Å². The number of fused-ring (bicyclic) bond motifs is 1. The number of benzene rings is 1. The maximum absolute atomic E-state index is 12.3. The molecule has 1 aromatic carbocycles. The fourth-order valence-corrected chi connectivity index (χ4v) is 3.16. The lowest BCUT2D eigenvalue weighted by Crippen LogP contribution is -2.35. The monoisotopic (exact) mass is 300 g/mol. The summed E-state index contributed by atoms with van der Waals surface area (Å²) in [7, 11) is 0. The molecule has 116 valence electrons. The lowest BCUT2D eigenvalue weighted by atomic mass is 10.1. The number of carbonyl (C=O) groups excluding carboxylic acids is 3. The molecule has 0 N–H and O–H groups in total. The number of amides is 3. The first-order valence-corrected chi connectivity index (χ1v) is 7.82. The Balaban J connectivity index is 1.66. The predicted molar refractivity (Wildman–Crippen MR) is 81.3 cm³/mol. The summed E-state index contributed by atoms with van der Waals surface area (Å²) >= 11 is 0. The van der Waals surface area contributed by atoms with Gasteiger partial charge in [0.1, 0.15) is 0 Å². The summed E-state index contributed by atoms with van der Waals surface area (Å²) in [4.78, 5) is 40.0. The molecule has 0 saturated heterocycles. The quantitative estimate of drug-likeness (QED) is 0.779. The van der Waals surface area contributed by atoms with Crippen molar-refractivity contribution < 1.29 is 14.4 Å². The van der Waals surface area contributed by atoms with Gasteiger partial charge in [0.15, 0.2) is 0 Å². The molecule has 5 heteroatoms. The molecule has 0 radical (unpaired) electrons. The first kappa shape index (κ1) is 14.8. The molecule has 22 heavy (non-hydrogen) atoms. The highest BCUT2D eigenvalue weighted by atomic mass is 16.2. The van der Waals surface area contributed by atoms with Gasteiger partial charge in [-0.3, -0.25) is 19.3 Å². The molecular weight excluding hydrogens is 280 g/mol. The normalized spacial score (nSPS) is 22.7. The predicted octanol–water partition coefficient (Wildman–Crippen LogP) is 1.79. The van der Waals surface area contributed by atoms with Gasteiger partial charge in [-0.1, -0.05) is 12.1 Å². The van der Waals surface area contributed by atoms with Crippen molar-refractivity contribution in [2.45, 2.75) is 20.3 Å². The summed E-state index contributed by atoms with van der Waals surface area (Å²) in [5.74, 6) is -0.255. The summed E-state index contributed by atoms with van der Waals surface area (Å²) < 4.78 is 0. The first-order chi connectivity index (χ1) is 10.6. The second-order valence-corrected chi connectivity index (χ2v) is 5.88. The van der Waals surface area contributed by atoms with E-state index in [2.05, 4.69) is 0 Å². The van der Waals surface area contributed by atoms with E-state index in [1.807, 2.05) is 18.7 Å². The van der Waals surface area contributed by atoms with E-state index >= 15 is 0 Å². The molecule has 3 rings (SSSR count). The first-order valence-electron chi connectivity index (χ1n) is 7.82. The summed E-state index contributed by atoms with van der Waals surface area (Å²) in [5.41, 5.74) is 0.944. The van der Waals surface area contributed by atoms with Crippen LogP contribution in [0.5, 0.6) is 0 Å². The fraction of sp³-hybridized carbons (Fsp3) is 0.471. The van der Waals surface area contributed by atoms with Crippen molar-refractivity contribution in [2.75, 3.05) is 19.6 Å². The molecule has 1 fully saturated rings. The van der Waals surface area contributed by atoms with Crippen LogP contribution in [0.4, 0.5) is 0 Å². The lowest BCUT2D eigenvalue weighted by Gasteiger charge is -2.19. The van der Waals surface area contributed by atoms with Gasteiger partial charge >= 0.3 is 0 Å². The van der Waals surface area contributed by atoms with E-state index < -0.39 is 0 Å². The molecule has 0 unspecified atom stereocenters. The second-order valence-electron chi connectivity index (χ2n) is 5.88. The molecule has 1 aromatic rings. The molecule has 5 nitrogen and oxygen atoms in total. The second kappa shape index (κ2) is 5.55. The van der Waals surface area contributed by atoms with Gasteiger partial charge in [0.05, 0.1) is 11.1 Å². The van der Waals surface area contributed by atoms with Gasteiger partial charge in [-0.25, -0.2) is 0 Å². The van der Waals surface area contributed by atoms with E-state index in [4.69, 9.17) is 0 Å². The number of nitrogens with zero attached hydrogens (tertiary/aromatic N) is 2. The van der Waals surface area contributed by atoms with Crippen LogP contribution < -0.4 is 0 Å². The minimum Gasteiger partial charge on any atom is -0.343 e. The molecule has 0 aromatic heterocycles. The molecule has 0 spiro atoms. The van der Waals surface area contributed by atoms with E-state index in [9.17, 15) is 14.4 Å². The maximum Gasteiger partial charge on any atom is 0.261 e. The molecule has 3 amide bonds. The van der Waals surface area contributed by atoms with E-state index in [0.29, 0.717) is 30.8 Å². The minimum absolute atomic E-state index is 0.0378. The van der Waals surface area contributed by atoms with Crippen LogP contribution in [0.25, 0.3) is 0 Å². The molecule has 1 aliphatic carbocycles. The van der Waals surface area contributed by atoms with Crippen molar-refractivity contribution in [3.8, 4) is 0 Å². The van der Waals surface area contributed by atoms with Gasteiger partial charge in [0, 0.05) is 25.6 Å². The van der Waals surface area contributed by atoms with Crippen LogP contribution in [-0.2, 0) is 4.79 Å². The van der Waals surface area contributed by atoms with Crippen molar-refractivity contribution in [3.63, 3.8) is 0 Å². The topological polar surface area (TPSA) is 57.7 Å². The Kier molecular flexibility index (Phi) is 3.72. The van der Waals surface area contributed by atoms with Crippen LogP contribution in [-0.4, -0.2) is 47.2 Å². The Morgan fingerprint density at radius 3 is 2.18 bits per heavy atom. The Morgan fingerprint density at radius 2 is 1.68 bits per heavy atom. The average molecular weight is 300 g/mol. The Bertz CT molecular complexity index is 602. The Labute approximate surface area is 129 Å². The zero-order valence-corrected chi connectivity index (χ0v) is 12.9. The van der Waals surface area contributed by atoms with E-state index in [1.54, 1.807) is 24.3 Å². The lowest BCUT2D eigenvalue weighted by molar-refractivity contribution is -0.132. The molecule has 1 aliphatic heterocycles. The standard InChI is InChI=1S/C17H20N2O3/c1-3-18(4-2)15(20)14-9-11(14)10-19-16(21)12-7-5-6-8-13(12)17(19)22/h5-8,11,14H,3-4,9-10H2,1-2H3/t11-,14-/m0/s1.